The quantitative estimate of drug-likeness (QED) is 0.752. The highest BCUT2D eigenvalue weighted by molar-refractivity contribution is 5.60. The molecule has 0 radical (unpaired) electrons. The van der Waals surface area contributed by atoms with Crippen LogP contribution in [0.4, 0.5) is 10.1 Å². The van der Waals surface area contributed by atoms with Crippen LogP contribution in [0, 0.1) is 12.7 Å². The van der Waals surface area contributed by atoms with E-state index in [0.29, 0.717) is 35.1 Å². The number of piperidine rings is 2. The van der Waals surface area contributed by atoms with Gasteiger partial charge in [-0.3, -0.25) is 0 Å². The van der Waals surface area contributed by atoms with E-state index in [-0.39, 0.29) is 11.9 Å². The van der Waals surface area contributed by atoms with Crippen LogP contribution in [0.3, 0.4) is 0 Å². The topological polar surface area (TPSA) is 54.6 Å². The van der Waals surface area contributed by atoms with E-state index in [2.05, 4.69) is 33.8 Å². The number of hydrogen-bond acceptors (Lipinski definition) is 6. The Kier molecular flexibility index (Phi) is 6.15. The lowest BCUT2D eigenvalue weighted by Crippen LogP contribution is -2.44. The van der Waals surface area contributed by atoms with Gasteiger partial charge in [0, 0.05) is 37.8 Å². The van der Waals surface area contributed by atoms with Crippen LogP contribution >= 0.6 is 0 Å². The zero-order chi connectivity index (χ0) is 20.4. The summed E-state index contributed by atoms with van der Waals surface area (Å²) in [4.78, 5) is 8.80. The van der Waals surface area contributed by atoms with Crippen molar-refractivity contribution < 1.29 is 13.7 Å². The van der Waals surface area contributed by atoms with E-state index in [1.165, 1.54) is 6.07 Å². The second-order valence-electron chi connectivity index (χ2n) is 8.46. The van der Waals surface area contributed by atoms with Crippen LogP contribution in [0.1, 0.15) is 45.4 Å². The minimum absolute atomic E-state index is 0.251. The van der Waals surface area contributed by atoms with E-state index in [9.17, 15) is 4.39 Å². The number of halogens is 1. The highest BCUT2D eigenvalue weighted by Crippen LogP contribution is 2.29. The van der Waals surface area contributed by atoms with Gasteiger partial charge in [0.05, 0.1) is 17.9 Å². The van der Waals surface area contributed by atoms with Crippen molar-refractivity contribution >= 4 is 5.69 Å². The molecule has 0 unspecified atom stereocenters. The molecule has 4 rings (SSSR count). The number of likely N-dealkylation sites (tertiary alicyclic amines) is 1. The van der Waals surface area contributed by atoms with E-state index < -0.39 is 0 Å². The molecule has 2 aliphatic heterocycles. The van der Waals surface area contributed by atoms with Crippen LogP contribution in [0.15, 0.2) is 22.7 Å². The zero-order valence-corrected chi connectivity index (χ0v) is 17.6. The Labute approximate surface area is 172 Å². The molecule has 0 amide bonds. The van der Waals surface area contributed by atoms with Crippen molar-refractivity contribution in [2.75, 3.05) is 31.1 Å². The normalized spacial score (nSPS) is 20.0. The van der Waals surface area contributed by atoms with Gasteiger partial charge in [0.2, 0.25) is 0 Å². The third-order valence-electron chi connectivity index (χ3n) is 6.10. The number of ether oxygens (including phenoxy) is 1. The van der Waals surface area contributed by atoms with Gasteiger partial charge in [-0.15, -0.1) is 0 Å². The van der Waals surface area contributed by atoms with E-state index in [1.54, 1.807) is 6.92 Å². The number of nitrogens with zero attached hydrogens (tertiary/aromatic N) is 4. The van der Waals surface area contributed by atoms with Crippen LogP contribution < -0.4 is 4.90 Å². The number of benzene rings is 1. The van der Waals surface area contributed by atoms with Crippen LogP contribution in [-0.2, 0) is 4.74 Å². The van der Waals surface area contributed by atoms with Gasteiger partial charge in [-0.05, 0) is 64.7 Å². The fourth-order valence-corrected chi connectivity index (χ4v) is 4.34. The number of hydrogen-bond donors (Lipinski definition) is 0. The SMILES string of the molecule is Cc1noc(-c2ccc(N3CCC(OC4CCN(C(C)C)CC4)CC3)c(F)c2)n1. The van der Waals surface area contributed by atoms with E-state index in [0.717, 1.165) is 51.9 Å². The first-order chi connectivity index (χ1) is 14.0. The Hall–Kier alpha value is -1.99. The van der Waals surface area contributed by atoms with Crippen LogP contribution in [0.5, 0.6) is 0 Å². The second kappa shape index (κ2) is 8.79. The predicted molar refractivity (Wildman–Crippen MR) is 110 cm³/mol. The fourth-order valence-electron chi connectivity index (χ4n) is 4.34. The molecule has 1 aromatic heterocycles. The highest BCUT2D eigenvalue weighted by Gasteiger charge is 2.27. The van der Waals surface area contributed by atoms with Crippen LogP contribution in [-0.4, -0.2) is 59.5 Å². The summed E-state index contributed by atoms with van der Waals surface area (Å²) in [7, 11) is 0. The molecule has 1 aromatic carbocycles. The summed E-state index contributed by atoms with van der Waals surface area (Å²) in [5.41, 5.74) is 1.24. The Morgan fingerprint density at radius 1 is 1.07 bits per heavy atom. The van der Waals surface area contributed by atoms with Gasteiger partial charge in [0.15, 0.2) is 5.82 Å². The smallest absolute Gasteiger partial charge is 0.258 e. The maximum Gasteiger partial charge on any atom is 0.258 e. The van der Waals surface area contributed by atoms with E-state index in [4.69, 9.17) is 9.26 Å². The van der Waals surface area contributed by atoms with E-state index in [1.807, 2.05) is 12.1 Å². The van der Waals surface area contributed by atoms with Gasteiger partial charge in [0.25, 0.3) is 5.89 Å². The molecule has 7 heteroatoms. The minimum Gasteiger partial charge on any atom is -0.375 e. The molecule has 158 valence electrons. The van der Waals surface area contributed by atoms with Crippen LogP contribution in [0.2, 0.25) is 0 Å². The summed E-state index contributed by atoms with van der Waals surface area (Å²) in [6, 6.07) is 5.75. The lowest BCUT2D eigenvalue weighted by atomic mass is 10.0. The molecular weight excluding hydrogens is 371 g/mol. The molecule has 2 saturated heterocycles. The summed E-state index contributed by atoms with van der Waals surface area (Å²) in [5.74, 6) is 0.642. The molecule has 3 heterocycles. The first kappa shape index (κ1) is 20.3. The molecule has 0 bridgehead atoms. The van der Waals surface area contributed by atoms with Gasteiger partial charge < -0.3 is 19.1 Å². The Morgan fingerprint density at radius 3 is 2.28 bits per heavy atom. The number of anilines is 1. The molecule has 2 fully saturated rings. The maximum atomic E-state index is 14.7. The number of rotatable bonds is 5. The minimum atomic E-state index is -0.251. The van der Waals surface area contributed by atoms with Crippen molar-refractivity contribution in [3.63, 3.8) is 0 Å². The summed E-state index contributed by atoms with van der Waals surface area (Å²) >= 11 is 0. The molecular formula is C22H31FN4O2. The molecule has 0 spiro atoms. The maximum absolute atomic E-state index is 14.7. The van der Waals surface area contributed by atoms with Crippen molar-refractivity contribution in [2.24, 2.45) is 0 Å². The second-order valence-corrected chi connectivity index (χ2v) is 8.46. The average molecular weight is 403 g/mol. The molecule has 0 N–H and O–H groups in total. The van der Waals surface area contributed by atoms with Gasteiger partial charge >= 0.3 is 0 Å². The van der Waals surface area contributed by atoms with Crippen molar-refractivity contribution in [3.05, 3.63) is 29.8 Å². The van der Waals surface area contributed by atoms with Crippen molar-refractivity contribution in [2.45, 2.75) is 64.7 Å². The highest BCUT2D eigenvalue weighted by atomic mass is 19.1. The average Bonchev–Trinajstić information content (AvgIpc) is 3.15. The first-order valence-corrected chi connectivity index (χ1v) is 10.7. The van der Waals surface area contributed by atoms with Gasteiger partial charge in [-0.25, -0.2) is 4.39 Å². The standard InChI is InChI=1S/C22H31FN4O2/c1-15(2)26-10-6-18(7-11-26)28-19-8-12-27(13-9-19)21-5-4-17(14-20(21)23)22-24-16(3)25-29-22/h4-5,14-15,18-19H,6-13H2,1-3H3. The van der Waals surface area contributed by atoms with Crippen molar-refractivity contribution in [1.82, 2.24) is 15.0 Å². The number of aryl methyl sites for hydroxylation is 1. The zero-order valence-electron chi connectivity index (χ0n) is 17.6. The van der Waals surface area contributed by atoms with Gasteiger partial charge in [0.1, 0.15) is 5.82 Å². The third-order valence-corrected chi connectivity index (χ3v) is 6.10. The Bertz CT molecular complexity index is 809. The molecule has 29 heavy (non-hydrogen) atoms. The number of aromatic nitrogens is 2. The summed E-state index contributed by atoms with van der Waals surface area (Å²) < 4.78 is 26.2. The lowest BCUT2D eigenvalue weighted by molar-refractivity contribution is -0.0540. The molecule has 6 nitrogen and oxygen atoms in total. The van der Waals surface area contributed by atoms with Gasteiger partial charge in [-0.1, -0.05) is 5.16 Å². The molecule has 0 atom stereocenters. The summed E-state index contributed by atoms with van der Waals surface area (Å²) in [6.45, 7) is 10.1. The van der Waals surface area contributed by atoms with Crippen molar-refractivity contribution in [1.29, 1.82) is 0 Å². The summed E-state index contributed by atoms with van der Waals surface area (Å²) in [6.07, 6.45) is 4.76. The third kappa shape index (κ3) is 4.78. The molecule has 2 aromatic rings. The first-order valence-electron chi connectivity index (χ1n) is 10.7. The molecule has 2 aliphatic rings. The Morgan fingerprint density at radius 2 is 1.72 bits per heavy atom. The van der Waals surface area contributed by atoms with E-state index >= 15 is 0 Å². The monoisotopic (exact) mass is 402 g/mol. The largest absolute Gasteiger partial charge is 0.375 e. The van der Waals surface area contributed by atoms with Gasteiger partial charge in [-0.2, -0.15) is 4.98 Å². The fraction of sp³-hybridized carbons (Fsp3) is 0.636. The molecule has 0 aliphatic carbocycles. The summed E-state index contributed by atoms with van der Waals surface area (Å²) in [5, 5.41) is 3.77. The lowest BCUT2D eigenvalue weighted by Gasteiger charge is -2.38. The Balaban J connectivity index is 1.29. The molecule has 0 saturated carbocycles. The van der Waals surface area contributed by atoms with Crippen molar-refractivity contribution in [3.8, 4) is 11.5 Å². The van der Waals surface area contributed by atoms with Crippen LogP contribution in [0.25, 0.3) is 11.5 Å². The predicted octanol–water partition coefficient (Wildman–Crippen LogP) is 4.04.